The van der Waals surface area contributed by atoms with Gasteiger partial charge in [0, 0.05) is 35.2 Å². The van der Waals surface area contributed by atoms with Crippen LogP contribution in [0.3, 0.4) is 0 Å². The van der Waals surface area contributed by atoms with Gasteiger partial charge in [0.05, 0.1) is 13.2 Å². The molecule has 0 fully saturated rings. The van der Waals surface area contributed by atoms with E-state index in [1.54, 1.807) is 13.2 Å². The lowest BCUT2D eigenvalue weighted by Gasteiger charge is -2.27. The first-order chi connectivity index (χ1) is 10.7. The fourth-order valence-electron chi connectivity index (χ4n) is 3.46. The number of hydrogen-bond donors (Lipinski definition) is 2. The molecule has 2 heterocycles. The molecule has 2 N–H and O–H groups in total. The highest BCUT2D eigenvalue weighted by molar-refractivity contribution is 5.89. The summed E-state index contributed by atoms with van der Waals surface area (Å²) in [5.74, 6) is 0.608. The van der Waals surface area contributed by atoms with Crippen LogP contribution in [0.4, 0.5) is 11.4 Å². The zero-order chi connectivity index (χ0) is 15.3. The summed E-state index contributed by atoms with van der Waals surface area (Å²) in [5, 5.41) is 13.4. The van der Waals surface area contributed by atoms with Crippen LogP contribution in [-0.2, 0) is 6.42 Å². The molecule has 22 heavy (non-hydrogen) atoms. The molecule has 112 valence electrons. The number of anilines is 2. The minimum atomic E-state index is 0.143. The number of nitrogens with zero attached hydrogens (tertiary/aromatic N) is 1. The van der Waals surface area contributed by atoms with E-state index >= 15 is 0 Å². The number of para-hydroxylation sites is 1. The fourth-order valence-corrected chi connectivity index (χ4v) is 3.46. The molecular formula is C18H18N2O2. The van der Waals surface area contributed by atoms with Gasteiger partial charge in [-0.15, -0.1) is 0 Å². The molecule has 2 aliphatic rings. The van der Waals surface area contributed by atoms with Crippen molar-refractivity contribution in [1.82, 2.24) is 0 Å². The molecule has 4 nitrogen and oxygen atoms in total. The van der Waals surface area contributed by atoms with Crippen molar-refractivity contribution in [2.24, 2.45) is 0 Å². The second-order valence-corrected chi connectivity index (χ2v) is 5.75. The lowest BCUT2D eigenvalue weighted by atomic mass is 10.1. The zero-order valence-corrected chi connectivity index (χ0v) is 12.5. The molecule has 4 rings (SSSR count). The van der Waals surface area contributed by atoms with Crippen molar-refractivity contribution in [2.45, 2.75) is 12.5 Å². The topological polar surface area (TPSA) is 44.7 Å². The van der Waals surface area contributed by atoms with E-state index < -0.39 is 0 Å². The summed E-state index contributed by atoms with van der Waals surface area (Å²) in [7, 11) is 1.56. The predicted octanol–water partition coefficient (Wildman–Crippen LogP) is 3.23. The van der Waals surface area contributed by atoms with Crippen LogP contribution in [-0.4, -0.2) is 24.8 Å². The Labute approximate surface area is 129 Å². The van der Waals surface area contributed by atoms with Crippen molar-refractivity contribution in [2.75, 3.05) is 23.9 Å². The van der Waals surface area contributed by atoms with Crippen LogP contribution >= 0.6 is 0 Å². The summed E-state index contributed by atoms with van der Waals surface area (Å²) >= 11 is 0. The smallest absolute Gasteiger partial charge is 0.161 e. The van der Waals surface area contributed by atoms with Gasteiger partial charge in [-0.3, -0.25) is 0 Å². The Morgan fingerprint density at radius 3 is 2.95 bits per heavy atom. The number of ether oxygens (including phenoxy) is 1. The lowest BCUT2D eigenvalue weighted by molar-refractivity contribution is 0.373. The highest BCUT2D eigenvalue weighted by atomic mass is 16.5. The van der Waals surface area contributed by atoms with E-state index in [9.17, 15) is 5.11 Å². The van der Waals surface area contributed by atoms with Gasteiger partial charge in [0.15, 0.2) is 11.5 Å². The number of methoxy groups -OCH3 is 1. The molecule has 0 saturated carbocycles. The second kappa shape index (κ2) is 4.70. The maximum atomic E-state index is 10.00. The Morgan fingerprint density at radius 2 is 2.14 bits per heavy atom. The normalized spacial score (nSPS) is 18.9. The van der Waals surface area contributed by atoms with E-state index in [0.717, 1.165) is 29.9 Å². The molecule has 2 aliphatic heterocycles. The number of phenolic OH excluding ortho intramolecular Hbond substituents is 1. The van der Waals surface area contributed by atoms with Crippen LogP contribution in [0.15, 0.2) is 43.0 Å². The molecule has 1 atom stereocenters. The number of nitrogens with one attached hydrogen (secondary N) is 1. The minimum absolute atomic E-state index is 0.143. The third-order valence-electron chi connectivity index (χ3n) is 4.52. The summed E-state index contributed by atoms with van der Waals surface area (Å²) in [6.07, 6.45) is 0.999. The standard InChI is InChI=1S/C18H18N2O2/c1-11-14-8-18(22-2)17(21)9-15(14)19-10-13-7-12-5-3-4-6-16(12)20(11)13/h3-6,8-9,13,19,21H,1,7,10H2,2H3. The van der Waals surface area contributed by atoms with Crippen LogP contribution in [0, 0.1) is 0 Å². The molecule has 0 aromatic heterocycles. The van der Waals surface area contributed by atoms with E-state index in [-0.39, 0.29) is 5.75 Å². The van der Waals surface area contributed by atoms with E-state index in [2.05, 4.69) is 41.1 Å². The third-order valence-corrected chi connectivity index (χ3v) is 4.52. The van der Waals surface area contributed by atoms with Gasteiger partial charge in [-0.1, -0.05) is 24.8 Å². The van der Waals surface area contributed by atoms with Gasteiger partial charge < -0.3 is 20.1 Å². The number of benzene rings is 2. The van der Waals surface area contributed by atoms with Crippen LogP contribution in [0.1, 0.15) is 11.1 Å². The Bertz CT molecular complexity index is 770. The molecule has 2 aromatic carbocycles. The van der Waals surface area contributed by atoms with Crippen LogP contribution in [0.5, 0.6) is 11.5 Å². The first kappa shape index (κ1) is 13.1. The SMILES string of the molecule is C=C1c2cc(OC)c(O)cc2NCC2Cc3ccccc3N12. The largest absolute Gasteiger partial charge is 0.504 e. The first-order valence-electron chi connectivity index (χ1n) is 7.40. The summed E-state index contributed by atoms with van der Waals surface area (Å²) in [6.45, 7) is 5.12. The minimum Gasteiger partial charge on any atom is -0.504 e. The van der Waals surface area contributed by atoms with Gasteiger partial charge >= 0.3 is 0 Å². The third kappa shape index (κ3) is 1.77. The molecule has 0 radical (unpaired) electrons. The van der Waals surface area contributed by atoms with Crippen LogP contribution < -0.4 is 15.0 Å². The Morgan fingerprint density at radius 1 is 1.32 bits per heavy atom. The van der Waals surface area contributed by atoms with Gasteiger partial charge in [-0.25, -0.2) is 0 Å². The molecule has 0 amide bonds. The molecule has 4 heteroatoms. The summed E-state index contributed by atoms with van der Waals surface area (Å²) in [4.78, 5) is 2.30. The van der Waals surface area contributed by atoms with E-state index in [4.69, 9.17) is 4.74 Å². The van der Waals surface area contributed by atoms with Gasteiger partial charge in [0.2, 0.25) is 0 Å². The molecule has 0 spiro atoms. The van der Waals surface area contributed by atoms with Crippen molar-refractivity contribution in [3.63, 3.8) is 0 Å². The van der Waals surface area contributed by atoms with Crippen molar-refractivity contribution in [3.8, 4) is 11.5 Å². The van der Waals surface area contributed by atoms with E-state index in [1.165, 1.54) is 11.3 Å². The number of fused-ring (bicyclic) bond motifs is 4. The molecular weight excluding hydrogens is 276 g/mol. The zero-order valence-electron chi connectivity index (χ0n) is 12.5. The Balaban J connectivity index is 1.85. The van der Waals surface area contributed by atoms with Crippen molar-refractivity contribution < 1.29 is 9.84 Å². The van der Waals surface area contributed by atoms with E-state index in [0.29, 0.717) is 11.8 Å². The monoisotopic (exact) mass is 294 g/mol. The fraction of sp³-hybridized carbons (Fsp3) is 0.222. The number of aromatic hydroxyl groups is 1. The quantitative estimate of drug-likeness (QED) is 0.847. The average Bonchev–Trinajstić information content (AvgIpc) is 2.84. The Hall–Kier alpha value is -2.62. The number of rotatable bonds is 1. The second-order valence-electron chi connectivity index (χ2n) is 5.75. The number of hydrogen-bond acceptors (Lipinski definition) is 4. The maximum absolute atomic E-state index is 10.00. The molecule has 0 saturated heterocycles. The lowest BCUT2D eigenvalue weighted by Crippen LogP contribution is -2.33. The van der Waals surface area contributed by atoms with Gasteiger partial charge in [0.1, 0.15) is 0 Å². The molecule has 0 aliphatic carbocycles. The first-order valence-corrected chi connectivity index (χ1v) is 7.40. The van der Waals surface area contributed by atoms with Crippen LogP contribution in [0.2, 0.25) is 0 Å². The number of phenols is 1. The summed E-state index contributed by atoms with van der Waals surface area (Å²) < 4.78 is 5.24. The Kier molecular flexibility index (Phi) is 2.79. The summed E-state index contributed by atoms with van der Waals surface area (Å²) in [6, 6.07) is 12.4. The van der Waals surface area contributed by atoms with Crippen molar-refractivity contribution in [3.05, 3.63) is 54.1 Å². The summed E-state index contributed by atoms with van der Waals surface area (Å²) in [5.41, 5.74) is 5.38. The highest BCUT2D eigenvalue weighted by Crippen LogP contribution is 2.44. The highest BCUT2D eigenvalue weighted by Gasteiger charge is 2.34. The molecule has 1 unspecified atom stereocenters. The average molecular weight is 294 g/mol. The maximum Gasteiger partial charge on any atom is 0.161 e. The van der Waals surface area contributed by atoms with Crippen molar-refractivity contribution in [1.29, 1.82) is 0 Å². The molecule has 0 bridgehead atoms. The van der Waals surface area contributed by atoms with Gasteiger partial charge in [-0.05, 0) is 24.1 Å². The molecule has 2 aromatic rings. The van der Waals surface area contributed by atoms with Crippen molar-refractivity contribution >= 4 is 17.1 Å². The van der Waals surface area contributed by atoms with E-state index in [1.807, 2.05) is 6.07 Å². The van der Waals surface area contributed by atoms with Gasteiger partial charge in [0.25, 0.3) is 0 Å². The predicted molar refractivity (Wildman–Crippen MR) is 88.6 cm³/mol. The van der Waals surface area contributed by atoms with Gasteiger partial charge in [-0.2, -0.15) is 0 Å². The van der Waals surface area contributed by atoms with Crippen LogP contribution in [0.25, 0.3) is 5.70 Å².